The van der Waals surface area contributed by atoms with Crippen LogP contribution >= 0.6 is 22.7 Å². The molecule has 0 radical (unpaired) electrons. The Hall–Kier alpha value is -0.710. The van der Waals surface area contributed by atoms with E-state index in [2.05, 4.69) is 36.3 Å². The average Bonchev–Trinajstić information content (AvgIpc) is 2.84. The number of hydrogen-bond acceptors (Lipinski definition) is 4. The van der Waals surface area contributed by atoms with Crippen molar-refractivity contribution < 1.29 is 0 Å². The predicted octanol–water partition coefficient (Wildman–Crippen LogP) is 3.67. The second kappa shape index (κ2) is 5.08. The molecule has 2 aromatic rings. The molecule has 1 N–H and O–H groups in total. The molecule has 86 valence electrons. The fraction of sp³-hybridized carbons (Fsp3) is 0.417. The third-order valence-electron chi connectivity index (χ3n) is 2.44. The largest absolute Gasteiger partial charge is 0.304 e. The van der Waals surface area contributed by atoms with Gasteiger partial charge in [-0.15, -0.1) is 22.7 Å². The highest BCUT2D eigenvalue weighted by molar-refractivity contribution is 7.12. The maximum atomic E-state index is 4.25. The molecule has 0 saturated heterocycles. The zero-order valence-electron chi connectivity index (χ0n) is 9.78. The van der Waals surface area contributed by atoms with Crippen LogP contribution in [0.15, 0.2) is 18.3 Å². The van der Waals surface area contributed by atoms with Crippen molar-refractivity contribution in [2.24, 2.45) is 0 Å². The van der Waals surface area contributed by atoms with E-state index in [1.54, 1.807) is 11.3 Å². The lowest BCUT2D eigenvalue weighted by molar-refractivity contribution is 0.587. The number of rotatable bonds is 4. The highest BCUT2D eigenvalue weighted by Crippen LogP contribution is 2.23. The Kier molecular flexibility index (Phi) is 3.74. The molecule has 2 rings (SSSR count). The van der Waals surface area contributed by atoms with Crippen molar-refractivity contribution in [2.75, 3.05) is 0 Å². The quantitative estimate of drug-likeness (QED) is 0.898. The van der Waals surface area contributed by atoms with Gasteiger partial charge in [0.15, 0.2) is 0 Å². The summed E-state index contributed by atoms with van der Waals surface area (Å²) in [6.45, 7) is 7.30. The van der Waals surface area contributed by atoms with Crippen molar-refractivity contribution in [3.05, 3.63) is 38.0 Å². The lowest BCUT2D eigenvalue weighted by atomic mass is 10.2. The van der Waals surface area contributed by atoms with Crippen LogP contribution in [0.1, 0.15) is 32.6 Å². The fourth-order valence-electron chi connectivity index (χ4n) is 1.53. The topological polar surface area (TPSA) is 24.9 Å². The highest BCUT2D eigenvalue weighted by Gasteiger charge is 2.07. The third-order valence-corrected chi connectivity index (χ3v) is 4.54. The van der Waals surface area contributed by atoms with E-state index < -0.39 is 0 Å². The summed E-state index contributed by atoms with van der Waals surface area (Å²) in [5, 5.41) is 4.66. The van der Waals surface area contributed by atoms with E-state index in [-0.39, 0.29) is 0 Å². The zero-order chi connectivity index (χ0) is 11.5. The second-order valence-electron chi connectivity index (χ2n) is 3.90. The summed E-state index contributed by atoms with van der Waals surface area (Å²) in [5.74, 6) is 0. The van der Waals surface area contributed by atoms with Crippen LogP contribution in [0.4, 0.5) is 0 Å². The molecule has 0 spiro atoms. The van der Waals surface area contributed by atoms with Gasteiger partial charge in [-0.25, -0.2) is 4.98 Å². The van der Waals surface area contributed by atoms with E-state index >= 15 is 0 Å². The Morgan fingerprint density at radius 1 is 1.31 bits per heavy atom. The van der Waals surface area contributed by atoms with Gasteiger partial charge in [0.05, 0.1) is 5.01 Å². The van der Waals surface area contributed by atoms with Gasteiger partial charge >= 0.3 is 0 Å². The summed E-state index contributed by atoms with van der Waals surface area (Å²) in [6.07, 6.45) is 1.96. The van der Waals surface area contributed by atoms with Gasteiger partial charge < -0.3 is 5.32 Å². The van der Waals surface area contributed by atoms with Gasteiger partial charge in [-0.2, -0.15) is 0 Å². The Morgan fingerprint density at radius 2 is 2.12 bits per heavy atom. The monoisotopic (exact) mass is 252 g/mol. The molecule has 2 aromatic heterocycles. The van der Waals surface area contributed by atoms with Crippen molar-refractivity contribution in [3.63, 3.8) is 0 Å². The maximum Gasteiger partial charge on any atom is 0.0897 e. The molecule has 16 heavy (non-hydrogen) atoms. The Balaban J connectivity index is 1.91. The summed E-state index contributed by atoms with van der Waals surface area (Å²) in [6, 6.07) is 4.80. The Labute approximate surface area is 104 Å². The van der Waals surface area contributed by atoms with Gasteiger partial charge in [0.2, 0.25) is 0 Å². The standard InChI is InChI=1S/C12H16N2S2/c1-8-4-5-12(15-8)9(2)13-6-11-7-14-10(3)16-11/h4-5,7,9,13H,6H2,1-3H3. The summed E-state index contributed by atoms with van der Waals surface area (Å²) in [4.78, 5) is 8.33. The predicted molar refractivity (Wildman–Crippen MR) is 71.2 cm³/mol. The molecular formula is C12H16N2S2. The molecule has 0 fully saturated rings. The molecule has 0 saturated carbocycles. The van der Waals surface area contributed by atoms with Crippen molar-refractivity contribution in [3.8, 4) is 0 Å². The number of aromatic nitrogens is 1. The molecule has 0 aliphatic heterocycles. The molecule has 2 nitrogen and oxygen atoms in total. The van der Waals surface area contributed by atoms with E-state index in [0.717, 1.165) is 11.6 Å². The second-order valence-corrected chi connectivity index (χ2v) is 6.54. The number of aryl methyl sites for hydroxylation is 2. The van der Waals surface area contributed by atoms with E-state index in [9.17, 15) is 0 Å². The SMILES string of the molecule is Cc1ccc(C(C)NCc2cnc(C)s2)s1. The lowest BCUT2D eigenvalue weighted by Gasteiger charge is -2.10. The number of hydrogen-bond donors (Lipinski definition) is 1. The van der Waals surface area contributed by atoms with Crippen molar-refractivity contribution >= 4 is 22.7 Å². The molecule has 4 heteroatoms. The van der Waals surface area contributed by atoms with Crippen LogP contribution in [0, 0.1) is 13.8 Å². The van der Waals surface area contributed by atoms with Gasteiger partial charge in [0, 0.05) is 33.4 Å². The summed E-state index contributed by atoms with van der Waals surface area (Å²) in [5.41, 5.74) is 0. The number of nitrogens with zero attached hydrogens (tertiary/aromatic N) is 1. The van der Waals surface area contributed by atoms with Gasteiger partial charge in [0.25, 0.3) is 0 Å². The first-order chi connectivity index (χ1) is 7.65. The van der Waals surface area contributed by atoms with Crippen LogP contribution in [0.25, 0.3) is 0 Å². The summed E-state index contributed by atoms with van der Waals surface area (Å²) < 4.78 is 0. The smallest absolute Gasteiger partial charge is 0.0897 e. The van der Waals surface area contributed by atoms with Crippen LogP contribution in [0.5, 0.6) is 0 Å². The molecular weight excluding hydrogens is 236 g/mol. The van der Waals surface area contributed by atoms with Crippen LogP contribution in [0.3, 0.4) is 0 Å². The van der Waals surface area contributed by atoms with Crippen molar-refractivity contribution in [1.29, 1.82) is 0 Å². The molecule has 0 aromatic carbocycles. The zero-order valence-corrected chi connectivity index (χ0v) is 11.4. The van der Waals surface area contributed by atoms with E-state index in [4.69, 9.17) is 0 Å². The molecule has 0 aliphatic carbocycles. The minimum atomic E-state index is 0.418. The summed E-state index contributed by atoms with van der Waals surface area (Å²) in [7, 11) is 0. The lowest BCUT2D eigenvalue weighted by Crippen LogP contribution is -2.16. The number of nitrogens with one attached hydrogen (secondary N) is 1. The van der Waals surface area contributed by atoms with Gasteiger partial charge in [-0.1, -0.05) is 0 Å². The molecule has 0 bridgehead atoms. The average molecular weight is 252 g/mol. The molecule has 0 amide bonds. The Bertz CT molecular complexity index is 459. The first-order valence-electron chi connectivity index (χ1n) is 5.36. The molecule has 0 aliphatic rings. The van der Waals surface area contributed by atoms with Gasteiger partial charge in [0.1, 0.15) is 0 Å². The summed E-state index contributed by atoms with van der Waals surface area (Å²) >= 11 is 3.62. The van der Waals surface area contributed by atoms with E-state index in [0.29, 0.717) is 6.04 Å². The van der Waals surface area contributed by atoms with Crippen LogP contribution in [0.2, 0.25) is 0 Å². The normalized spacial score (nSPS) is 12.9. The molecule has 2 heterocycles. The van der Waals surface area contributed by atoms with Crippen LogP contribution in [-0.2, 0) is 6.54 Å². The number of thiazole rings is 1. The Morgan fingerprint density at radius 3 is 2.69 bits per heavy atom. The maximum absolute atomic E-state index is 4.25. The van der Waals surface area contributed by atoms with Crippen LogP contribution < -0.4 is 5.32 Å². The van der Waals surface area contributed by atoms with Gasteiger partial charge in [-0.3, -0.25) is 0 Å². The van der Waals surface area contributed by atoms with E-state index in [1.165, 1.54) is 14.6 Å². The third kappa shape index (κ3) is 2.90. The number of thiophene rings is 1. The van der Waals surface area contributed by atoms with Crippen molar-refractivity contribution in [2.45, 2.75) is 33.4 Å². The minimum absolute atomic E-state index is 0.418. The first kappa shape index (κ1) is 11.8. The van der Waals surface area contributed by atoms with Crippen LogP contribution in [-0.4, -0.2) is 4.98 Å². The molecule has 1 unspecified atom stereocenters. The van der Waals surface area contributed by atoms with E-state index in [1.807, 2.05) is 24.5 Å². The highest BCUT2D eigenvalue weighted by atomic mass is 32.1. The molecule has 1 atom stereocenters. The minimum Gasteiger partial charge on any atom is -0.304 e. The fourth-order valence-corrected chi connectivity index (χ4v) is 3.18. The van der Waals surface area contributed by atoms with Gasteiger partial charge in [-0.05, 0) is 32.9 Å². The van der Waals surface area contributed by atoms with Crippen molar-refractivity contribution in [1.82, 2.24) is 10.3 Å². The first-order valence-corrected chi connectivity index (χ1v) is 6.99.